The van der Waals surface area contributed by atoms with Crippen LogP contribution >= 0.6 is 11.8 Å². The first-order chi connectivity index (χ1) is 10.0. The molecule has 0 amide bonds. The van der Waals surface area contributed by atoms with Crippen molar-refractivity contribution in [3.8, 4) is 5.69 Å². The topological polar surface area (TPSA) is 55.1 Å². The van der Waals surface area contributed by atoms with Crippen LogP contribution in [0.4, 0.5) is 0 Å². The van der Waals surface area contributed by atoms with E-state index in [1.807, 2.05) is 18.3 Å². The van der Waals surface area contributed by atoms with Crippen LogP contribution in [-0.4, -0.2) is 26.4 Å². The Labute approximate surface area is 129 Å². The summed E-state index contributed by atoms with van der Waals surface area (Å²) in [4.78, 5) is 15.2. The van der Waals surface area contributed by atoms with Crippen molar-refractivity contribution in [1.82, 2.24) is 9.55 Å². The number of benzene rings is 1. The monoisotopic (exact) mass is 304 g/mol. The molecule has 0 aliphatic carbocycles. The normalized spacial score (nSPS) is 11.0. The van der Waals surface area contributed by atoms with E-state index in [0.29, 0.717) is 5.92 Å². The number of hydrogen-bond donors (Lipinski definition) is 1. The molecular formula is C16H20N2O2S. The van der Waals surface area contributed by atoms with E-state index in [1.165, 1.54) is 17.3 Å². The average Bonchev–Trinajstić information content (AvgIpc) is 2.89. The largest absolute Gasteiger partial charge is 0.481 e. The quantitative estimate of drug-likeness (QED) is 0.826. The number of carboxylic acids is 1. The van der Waals surface area contributed by atoms with E-state index >= 15 is 0 Å². The van der Waals surface area contributed by atoms with Crippen LogP contribution in [0.15, 0.2) is 35.6 Å². The van der Waals surface area contributed by atoms with Crippen LogP contribution in [0.1, 0.15) is 37.9 Å². The van der Waals surface area contributed by atoms with Crippen LogP contribution in [0, 0.1) is 0 Å². The number of aliphatic carboxylic acids is 1. The van der Waals surface area contributed by atoms with Crippen molar-refractivity contribution in [3.63, 3.8) is 0 Å². The number of aryl methyl sites for hydroxylation is 1. The number of aromatic nitrogens is 2. The van der Waals surface area contributed by atoms with Gasteiger partial charge in [0.15, 0.2) is 5.16 Å². The molecule has 0 fully saturated rings. The van der Waals surface area contributed by atoms with Crippen LogP contribution in [0.3, 0.4) is 0 Å². The van der Waals surface area contributed by atoms with Crippen LogP contribution in [0.25, 0.3) is 5.69 Å². The molecular weight excluding hydrogens is 284 g/mol. The lowest BCUT2D eigenvalue weighted by Gasteiger charge is -2.14. The second-order valence-electron chi connectivity index (χ2n) is 5.16. The Hall–Kier alpha value is -1.75. The summed E-state index contributed by atoms with van der Waals surface area (Å²) in [7, 11) is 0. The van der Waals surface area contributed by atoms with E-state index in [1.54, 1.807) is 0 Å². The molecule has 2 rings (SSSR count). The highest BCUT2D eigenvalue weighted by molar-refractivity contribution is 7.99. The smallest absolute Gasteiger partial charge is 0.313 e. The Bertz CT molecular complexity index is 635. The Morgan fingerprint density at radius 2 is 2.19 bits per heavy atom. The van der Waals surface area contributed by atoms with Crippen molar-refractivity contribution in [3.05, 3.63) is 41.7 Å². The molecule has 0 atom stereocenters. The Morgan fingerprint density at radius 1 is 1.43 bits per heavy atom. The number of imidazole rings is 1. The van der Waals surface area contributed by atoms with E-state index < -0.39 is 5.97 Å². The third kappa shape index (κ3) is 3.67. The molecule has 21 heavy (non-hydrogen) atoms. The van der Waals surface area contributed by atoms with Gasteiger partial charge in [-0.15, -0.1) is 0 Å². The van der Waals surface area contributed by atoms with Crippen molar-refractivity contribution in [1.29, 1.82) is 0 Å². The summed E-state index contributed by atoms with van der Waals surface area (Å²) in [6.45, 7) is 6.35. The van der Waals surface area contributed by atoms with Crippen molar-refractivity contribution >= 4 is 17.7 Å². The van der Waals surface area contributed by atoms with Gasteiger partial charge in [0.2, 0.25) is 0 Å². The molecule has 112 valence electrons. The maximum absolute atomic E-state index is 10.8. The SMILES string of the molecule is CCc1cccc(-n2c(C(C)C)cnc2SCC(=O)O)c1. The number of carbonyl (C=O) groups is 1. The van der Waals surface area contributed by atoms with E-state index in [2.05, 4.69) is 42.5 Å². The van der Waals surface area contributed by atoms with E-state index in [9.17, 15) is 4.79 Å². The molecule has 4 nitrogen and oxygen atoms in total. The molecule has 1 heterocycles. The van der Waals surface area contributed by atoms with Gasteiger partial charge in [0.25, 0.3) is 0 Å². The molecule has 0 unspecified atom stereocenters. The Balaban J connectivity index is 2.47. The lowest BCUT2D eigenvalue weighted by Crippen LogP contribution is -2.06. The molecule has 1 aromatic carbocycles. The van der Waals surface area contributed by atoms with Crippen LogP contribution in [-0.2, 0) is 11.2 Å². The van der Waals surface area contributed by atoms with Gasteiger partial charge in [-0.3, -0.25) is 9.36 Å². The minimum Gasteiger partial charge on any atom is -0.481 e. The standard InChI is InChI=1S/C16H20N2O2S/c1-4-12-6-5-7-13(8-12)18-14(11(2)3)9-17-16(18)21-10-15(19)20/h5-9,11H,4,10H2,1-3H3,(H,19,20). The van der Waals surface area contributed by atoms with Gasteiger partial charge in [0, 0.05) is 11.4 Å². The molecule has 0 saturated heterocycles. The third-order valence-electron chi connectivity index (χ3n) is 3.25. The fraction of sp³-hybridized carbons (Fsp3) is 0.375. The first-order valence-electron chi connectivity index (χ1n) is 7.04. The minimum absolute atomic E-state index is 0.0159. The summed E-state index contributed by atoms with van der Waals surface area (Å²) in [5, 5.41) is 9.61. The van der Waals surface area contributed by atoms with Gasteiger partial charge in [-0.05, 0) is 30.0 Å². The Morgan fingerprint density at radius 3 is 2.81 bits per heavy atom. The molecule has 0 saturated carbocycles. The molecule has 2 aromatic rings. The van der Waals surface area contributed by atoms with Crippen LogP contribution in [0.5, 0.6) is 0 Å². The second kappa shape index (κ2) is 6.80. The number of thioether (sulfide) groups is 1. The average molecular weight is 304 g/mol. The summed E-state index contributed by atoms with van der Waals surface area (Å²) < 4.78 is 2.07. The highest BCUT2D eigenvalue weighted by Crippen LogP contribution is 2.27. The van der Waals surface area contributed by atoms with E-state index in [4.69, 9.17) is 5.11 Å². The molecule has 5 heteroatoms. The highest BCUT2D eigenvalue weighted by atomic mass is 32.2. The van der Waals surface area contributed by atoms with Crippen molar-refractivity contribution in [2.75, 3.05) is 5.75 Å². The van der Waals surface area contributed by atoms with Crippen LogP contribution in [0.2, 0.25) is 0 Å². The van der Waals surface area contributed by atoms with Crippen molar-refractivity contribution in [2.24, 2.45) is 0 Å². The van der Waals surface area contributed by atoms with Gasteiger partial charge >= 0.3 is 5.97 Å². The first-order valence-corrected chi connectivity index (χ1v) is 8.03. The number of rotatable bonds is 6. The third-order valence-corrected chi connectivity index (χ3v) is 4.19. The Kier molecular flexibility index (Phi) is 5.07. The second-order valence-corrected chi connectivity index (χ2v) is 6.10. The molecule has 0 aliphatic rings. The van der Waals surface area contributed by atoms with Gasteiger partial charge < -0.3 is 5.11 Å². The number of carboxylic acid groups (broad SMARTS) is 1. The highest BCUT2D eigenvalue weighted by Gasteiger charge is 2.16. The summed E-state index contributed by atoms with van der Waals surface area (Å²) in [5.74, 6) is -0.493. The summed E-state index contributed by atoms with van der Waals surface area (Å²) in [5.41, 5.74) is 3.39. The van der Waals surface area contributed by atoms with Crippen LogP contribution < -0.4 is 0 Å². The van der Waals surface area contributed by atoms with Crippen molar-refractivity contribution < 1.29 is 9.90 Å². The summed E-state index contributed by atoms with van der Waals surface area (Å²) >= 11 is 1.25. The van der Waals surface area contributed by atoms with Gasteiger partial charge in [-0.25, -0.2) is 4.98 Å². The lowest BCUT2D eigenvalue weighted by atomic mass is 10.1. The van der Waals surface area contributed by atoms with Gasteiger partial charge in [-0.1, -0.05) is 44.7 Å². The zero-order valence-corrected chi connectivity index (χ0v) is 13.4. The zero-order chi connectivity index (χ0) is 15.4. The molecule has 1 aromatic heterocycles. The maximum atomic E-state index is 10.8. The van der Waals surface area contributed by atoms with Gasteiger partial charge in [0.05, 0.1) is 11.9 Å². The zero-order valence-electron chi connectivity index (χ0n) is 12.5. The summed E-state index contributed by atoms with van der Waals surface area (Å²) in [6, 6.07) is 8.30. The fourth-order valence-electron chi connectivity index (χ4n) is 2.16. The van der Waals surface area contributed by atoms with E-state index in [-0.39, 0.29) is 5.75 Å². The van der Waals surface area contributed by atoms with E-state index in [0.717, 1.165) is 23.0 Å². The number of nitrogens with zero attached hydrogens (tertiary/aromatic N) is 2. The maximum Gasteiger partial charge on any atom is 0.313 e. The molecule has 0 aliphatic heterocycles. The molecule has 0 spiro atoms. The number of hydrogen-bond acceptors (Lipinski definition) is 3. The molecule has 0 radical (unpaired) electrons. The van der Waals surface area contributed by atoms with Gasteiger partial charge in [-0.2, -0.15) is 0 Å². The van der Waals surface area contributed by atoms with Crippen molar-refractivity contribution in [2.45, 2.75) is 38.3 Å². The predicted molar refractivity (Wildman–Crippen MR) is 85.4 cm³/mol. The lowest BCUT2D eigenvalue weighted by molar-refractivity contribution is -0.133. The minimum atomic E-state index is -0.831. The summed E-state index contributed by atoms with van der Waals surface area (Å²) in [6.07, 6.45) is 2.81. The molecule has 0 bridgehead atoms. The molecule has 1 N–H and O–H groups in total. The fourth-order valence-corrected chi connectivity index (χ4v) is 2.88. The first kappa shape index (κ1) is 15.6. The predicted octanol–water partition coefficient (Wildman–Crippen LogP) is 3.73. The van der Waals surface area contributed by atoms with Gasteiger partial charge in [0.1, 0.15) is 0 Å².